The fourth-order valence-electron chi connectivity index (χ4n) is 2.74. The minimum atomic E-state index is -0.687. The zero-order chi connectivity index (χ0) is 16.8. The Balaban J connectivity index is 1.94. The van der Waals surface area contributed by atoms with Crippen molar-refractivity contribution in [3.8, 4) is 0 Å². The summed E-state index contributed by atoms with van der Waals surface area (Å²) in [5.41, 5.74) is -0.203. The summed E-state index contributed by atoms with van der Waals surface area (Å²) in [6, 6.07) is 3.72. The van der Waals surface area contributed by atoms with Crippen molar-refractivity contribution in [1.82, 2.24) is 9.80 Å². The number of rotatable bonds is 5. The van der Waals surface area contributed by atoms with Crippen LogP contribution >= 0.6 is 0 Å². The molecule has 1 heterocycles. The SMILES string of the molecule is CCC(CO)N1CCN(C(=O)/C=C/c2c(F)cccc2F)CC1. The summed E-state index contributed by atoms with van der Waals surface area (Å²) in [5, 5.41) is 9.31. The molecule has 0 spiro atoms. The monoisotopic (exact) mass is 324 g/mol. The van der Waals surface area contributed by atoms with E-state index >= 15 is 0 Å². The average Bonchev–Trinajstić information content (AvgIpc) is 2.56. The van der Waals surface area contributed by atoms with Crippen LogP contribution in [0.1, 0.15) is 18.9 Å². The van der Waals surface area contributed by atoms with Crippen LogP contribution in [0.25, 0.3) is 6.08 Å². The van der Waals surface area contributed by atoms with E-state index in [-0.39, 0.29) is 24.1 Å². The lowest BCUT2D eigenvalue weighted by Crippen LogP contribution is -2.52. The fourth-order valence-corrected chi connectivity index (χ4v) is 2.74. The molecule has 1 aliphatic heterocycles. The molecule has 6 heteroatoms. The summed E-state index contributed by atoms with van der Waals surface area (Å²) < 4.78 is 27.0. The number of aliphatic hydroxyl groups is 1. The predicted octanol–water partition coefficient (Wildman–Crippen LogP) is 1.89. The van der Waals surface area contributed by atoms with Gasteiger partial charge in [0, 0.05) is 43.9 Å². The van der Waals surface area contributed by atoms with Gasteiger partial charge in [-0.15, -0.1) is 0 Å². The molecule has 126 valence electrons. The van der Waals surface area contributed by atoms with E-state index in [4.69, 9.17) is 0 Å². The number of hydrogen-bond acceptors (Lipinski definition) is 3. The fraction of sp³-hybridized carbons (Fsp3) is 0.471. The highest BCUT2D eigenvalue weighted by atomic mass is 19.1. The molecular weight excluding hydrogens is 302 g/mol. The Labute approximate surface area is 135 Å². The molecule has 0 radical (unpaired) electrons. The second-order valence-electron chi connectivity index (χ2n) is 5.57. The summed E-state index contributed by atoms with van der Waals surface area (Å²) in [5.74, 6) is -1.63. The molecule has 1 fully saturated rings. The van der Waals surface area contributed by atoms with E-state index in [0.717, 1.165) is 18.6 Å². The van der Waals surface area contributed by atoms with Crippen molar-refractivity contribution in [3.05, 3.63) is 41.5 Å². The van der Waals surface area contributed by atoms with Crippen LogP contribution in [0.3, 0.4) is 0 Å². The molecule has 0 bridgehead atoms. The first-order valence-electron chi connectivity index (χ1n) is 7.82. The third kappa shape index (κ3) is 4.36. The lowest BCUT2D eigenvalue weighted by Gasteiger charge is -2.38. The smallest absolute Gasteiger partial charge is 0.246 e. The van der Waals surface area contributed by atoms with E-state index in [1.54, 1.807) is 4.90 Å². The predicted molar refractivity (Wildman–Crippen MR) is 84.7 cm³/mol. The quantitative estimate of drug-likeness (QED) is 0.841. The topological polar surface area (TPSA) is 43.8 Å². The summed E-state index contributed by atoms with van der Waals surface area (Å²) in [6.45, 7) is 4.58. The molecule has 23 heavy (non-hydrogen) atoms. The number of benzene rings is 1. The normalized spacial score (nSPS) is 17.7. The van der Waals surface area contributed by atoms with Gasteiger partial charge in [-0.1, -0.05) is 13.0 Å². The number of carbonyl (C=O) groups is 1. The zero-order valence-electron chi connectivity index (χ0n) is 13.2. The number of nitrogens with zero attached hydrogens (tertiary/aromatic N) is 2. The summed E-state index contributed by atoms with van der Waals surface area (Å²) in [6.07, 6.45) is 3.25. The largest absolute Gasteiger partial charge is 0.395 e. The minimum absolute atomic E-state index is 0.108. The van der Waals surface area contributed by atoms with Crippen LogP contribution in [0.5, 0.6) is 0 Å². The number of piperazine rings is 1. The molecule has 4 nitrogen and oxygen atoms in total. The molecule has 1 unspecified atom stereocenters. The Hall–Kier alpha value is -1.79. The van der Waals surface area contributed by atoms with Crippen LogP contribution in [-0.2, 0) is 4.79 Å². The van der Waals surface area contributed by atoms with E-state index in [0.29, 0.717) is 26.2 Å². The number of aliphatic hydroxyl groups excluding tert-OH is 1. The van der Waals surface area contributed by atoms with E-state index in [9.17, 15) is 18.7 Å². The number of hydrogen-bond donors (Lipinski definition) is 1. The molecule has 1 saturated heterocycles. The second-order valence-corrected chi connectivity index (χ2v) is 5.57. The average molecular weight is 324 g/mol. The first kappa shape index (κ1) is 17.6. The van der Waals surface area contributed by atoms with Gasteiger partial charge in [0.05, 0.1) is 6.61 Å². The van der Waals surface area contributed by atoms with Gasteiger partial charge in [0.2, 0.25) is 5.91 Å². The van der Waals surface area contributed by atoms with Gasteiger partial charge in [-0.05, 0) is 24.6 Å². The maximum atomic E-state index is 13.5. The molecule has 1 atom stereocenters. The molecular formula is C17H22F2N2O2. The Morgan fingerprint density at radius 1 is 1.26 bits per heavy atom. The van der Waals surface area contributed by atoms with Gasteiger partial charge in [-0.2, -0.15) is 0 Å². The van der Waals surface area contributed by atoms with Crippen molar-refractivity contribution in [1.29, 1.82) is 0 Å². The molecule has 1 aromatic rings. The number of amides is 1. The Kier molecular flexibility index (Phi) is 6.24. The van der Waals surface area contributed by atoms with Crippen molar-refractivity contribution in [2.45, 2.75) is 19.4 Å². The van der Waals surface area contributed by atoms with E-state index in [1.807, 2.05) is 6.92 Å². The van der Waals surface area contributed by atoms with Crippen molar-refractivity contribution >= 4 is 12.0 Å². The first-order chi connectivity index (χ1) is 11.1. The highest BCUT2D eigenvalue weighted by Crippen LogP contribution is 2.14. The lowest BCUT2D eigenvalue weighted by atomic mass is 10.1. The maximum Gasteiger partial charge on any atom is 0.246 e. The summed E-state index contributed by atoms with van der Waals surface area (Å²) in [7, 11) is 0. The van der Waals surface area contributed by atoms with Crippen LogP contribution in [0.15, 0.2) is 24.3 Å². The molecule has 0 aliphatic carbocycles. The van der Waals surface area contributed by atoms with E-state index in [2.05, 4.69) is 4.90 Å². The molecule has 1 N–H and O–H groups in total. The molecule has 0 aromatic heterocycles. The second kappa shape index (κ2) is 8.17. The van der Waals surface area contributed by atoms with Crippen molar-refractivity contribution in [2.75, 3.05) is 32.8 Å². The van der Waals surface area contributed by atoms with E-state index < -0.39 is 11.6 Å². The standard InChI is InChI=1S/C17H22F2N2O2/c1-2-13(12-22)20-8-10-21(11-9-20)17(23)7-6-14-15(18)4-3-5-16(14)19/h3-7,13,22H,2,8-12H2,1H3/b7-6+. The van der Waals surface area contributed by atoms with Gasteiger partial charge >= 0.3 is 0 Å². The molecule has 2 rings (SSSR count). The summed E-state index contributed by atoms with van der Waals surface area (Å²) >= 11 is 0. The maximum absolute atomic E-state index is 13.5. The number of carbonyl (C=O) groups excluding carboxylic acids is 1. The molecule has 0 saturated carbocycles. The molecule has 1 aliphatic rings. The highest BCUT2D eigenvalue weighted by Gasteiger charge is 2.23. The van der Waals surface area contributed by atoms with Gasteiger partial charge in [0.15, 0.2) is 0 Å². The third-order valence-electron chi connectivity index (χ3n) is 4.22. The zero-order valence-corrected chi connectivity index (χ0v) is 13.2. The molecule has 1 amide bonds. The van der Waals surface area contributed by atoms with Crippen molar-refractivity contribution in [2.24, 2.45) is 0 Å². The van der Waals surface area contributed by atoms with Crippen LogP contribution in [-0.4, -0.2) is 59.6 Å². The van der Waals surface area contributed by atoms with Gasteiger partial charge < -0.3 is 10.0 Å². The molecule has 1 aromatic carbocycles. The van der Waals surface area contributed by atoms with Crippen molar-refractivity contribution in [3.63, 3.8) is 0 Å². The van der Waals surface area contributed by atoms with Gasteiger partial charge in [-0.25, -0.2) is 8.78 Å². The van der Waals surface area contributed by atoms with Crippen LogP contribution in [0.2, 0.25) is 0 Å². The summed E-state index contributed by atoms with van der Waals surface area (Å²) in [4.78, 5) is 15.9. The van der Waals surface area contributed by atoms with Crippen LogP contribution in [0.4, 0.5) is 8.78 Å². The third-order valence-corrected chi connectivity index (χ3v) is 4.22. The van der Waals surface area contributed by atoms with Crippen LogP contribution < -0.4 is 0 Å². The van der Waals surface area contributed by atoms with E-state index in [1.165, 1.54) is 18.2 Å². The minimum Gasteiger partial charge on any atom is -0.395 e. The Morgan fingerprint density at radius 2 is 1.87 bits per heavy atom. The van der Waals surface area contributed by atoms with Gasteiger partial charge in [0.25, 0.3) is 0 Å². The lowest BCUT2D eigenvalue weighted by molar-refractivity contribution is -0.128. The Morgan fingerprint density at radius 3 is 2.39 bits per heavy atom. The van der Waals surface area contributed by atoms with Crippen molar-refractivity contribution < 1.29 is 18.7 Å². The van der Waals surface area contributed by atoms with Crippen LogP contribution in [0, 0.1) is 11.6 Å². The first-order valence-corrected chi connectivity index (χ1v) is 7.82. The Bertz CT molecular complexity index is 545. The van der Waals surface area contributed by atoms with Gasteiger partial charge in [-0.3, -0.25) is 9.69 Å². The van der Waals surface area contributed by atoms with Gasteiger partial charge in [0.1, 0.15) is 11.6 Å². The number of halogens is 2. The highest BCUT2D eigenvalue weighted by molar-refractivity contribution is 5.91.